The van der Waals surface area contributed by atoms with Crippen molar-refractivity contribution in [3.63, 3.8) is 0 Å². The molecule has 8 heteroatoms. The highest BCUT2D eigenvalue weighted by molar-refractivity contribution is 7.17. The van der Waals surface area contributed by atoms with Crippen molar-refractivity contribution in [3.8, 4) is 0 Å². The number of hydrogen-bond donors (Lipinski definition) is 0. The highest BCUT2D eigenvalue weighted by Crippen LogP contribution is 2.30. The quantitative estimate of drug-likeness (QED) is 0.801. The number of nitrogens with zero attached hydrogens (tertiary/aromatic N) is 4. The van der Waals surface area contributed by atoms with Gasteiger partial charge in [0.05, 0.1) is 0 Å². The van der Waals surface area contributed by atoms with Crippen molar-refractivity contribution in [2.75, 3.05) is 19.6 Å². The van der Waals surface area contributed by atoms with Crippen LogP contribution in [0.25, 0.3) is 4.96 Å². The minimum Gasteiger partial charge on any atom is -0.336 e. The Kier molecular flexibility index (Phi) is 4.69. The molecular weight excluding hydrogens is 372 g/mol. The van der Waals surface area contributed by atoms with Crippen LogP contribution in [0, 0.1) is 0 Å². The molecule has 2 aromatic heterocycles. The van der Waals surface area contributed by atoms with Crippen LogP contribution in [0.2, 0.25) is 5.15 Å². The van der Waals surface area contributed by atoms with E-state index in [-0.39, 0.29) is 24.1 Å². The number of aromatic nitrogens is 2. The fourth-order valence-electron chi connectivity index (χ4n) is 3.85. The van der Waals surface area contributed by atoms with E-state index < -0.39 is 0 Å². The highest BCUT2D eigenvalue weighted by Gasteiger charge is 2.34. The standard InChI is InChI=1S/C18H23ClN4O2S/c1-11(2)13-9-23-16(19)15(20-18(23)26-13)17(25)21-7-8-22(14(24)10-21)12-5-3-4-6-12/h9,11-12H,3-8,10H2,1-2H3. The fraction of sp³-hybridized carbons (Fsp3) is 0.611. The second-order valence-corrected chi connectivity index (χ2v) is 8.84. The lowest BCUT2D eigenvalue weighted by molar-refractivity contribution is -0.137. The summed E-state index contributed by atoms with van der Waals surface area (Å²) in [4.78, 5) is 35.3. The molecule has 2 amide bonds. The van der Waals surface area contributed by atoms with Gasteiger partial charge in [-0.1, -0.05) is 38.3 Å². The number of piperazine rings is 1. The fourth-order valence-corrected chi connectivity index (χ4v) is 5.14. The lowest BCUT2D eigenvalue weighted by atomic mass is 10.1. The Morgan fingerprint density at radius 2 is 2.04 bits per heavy atom. The molecule has 0 N–H and O–H groups in total. The number of hydrogen-bond acceptors (Lipinski definition) is 4. The highest BCUT2D eigenvalue weighted by atomic mass is 35.5. The number of carbonyl (C=O) groups excluding carboxylic acids is 2. The minimum absolute atomic E-state index is 0.0377. The van der Waals surface area contributed by atoms with Crippen LogP contribution < -0.4 is 0 Å². The van der Waals surface area contributed by atoms with Gasteiger partial charge < -0.3 is 9.80 Å². The summed E-state index contributed by atoms with van der Waals surface area (Å²) in [6, 6.07) is 0.357. The Bertz CT molecular complexity index is 853. The molecule has 0 spiro atoms. The number of amides is 2. The number of thiazole rings is 1. The molecule has 3 heterocycles. The van der Waals surface area contributed by atoms with Crippen LogP contribution in [0.4, 0.5) is 0 Å². The van der Waals surface area contributed by atoms with E-state index in [4.69, 9.17) is 11.6 Å². The van der Waals surface area contributed by atoms with E-state index in [9.17, 15) is 9.59 Å². The summed E-state index contributed by atoms with van der Waals surface area (Å²) in [5, 5.41) is 0.332. The summed E-state index contributed by atoms with van der Waals surface area (Å²) in [5.41, 5.74) is 0.246. The van der Waals surface area contributed by atoms with E-state index in [1.165, 1.54) is 17.7 Å². The molecule has 1 aliphatic heterocycles. The van der Waals surface area contributed by atoms with E-state index in [2.05, 4.69) is 18.8 Å². The van der Waals surface area contributed by atoms with Gasteiger partial charge in [0, 0.05) is 30.2 Å². The molecule has 0 radical (unpaired) electrons. The topological polar surface area (TPSA) is 57.9 Å². The Labute approximate surface area is 161 Å². The van der Waals surface area contributed by atoms with Gasteiger partial charge in [-0.15, -0.1) is 11.3 Å². The van der Waals surface area contributed by atoms with Crippen LogP contribution >= 0.6 is 22.9 Å². The first-order chi connectivity index (χ1) is 12.5. The SMILES string of the molecule is CC(C)c1cn2c(Cl)c(C(=O)N3CCN(C4CCCC4)C(=O)C3)nc2s1. The van der Waals surface area contributed by atoms with Crippen LogP contribution in [0.15, 0.2) is 6.20 Å². The molecule has 0 atom stereocenters. The Balaban J connectivity index is 1.51. The maximum Gasteiger partial charge on any atom is 0.276 e. The van der Waals surface area contributed by atoms with Crippen molar-refractivity contribution >= 4 is 39.7 Å². The number of halogens is 1. The number of rotatable bonds is 3. The molecule has 1 aliphatic carbocycles. The van der Waals surface area contributed by atoms with Gasteiger partial charge in [-0.3, -0.25) is 14.0 Å². The molecule has 26 heavy (non-hydrogen) atoms. The normalized spacial score (nSPS) is 19.3. The van der Waals surface area contributed by atoms with Crippen molar-refractivity contribution in [3.05, 3.63) is 21.9 Å². The molecule has 2 fully saturated rings. The number of carbonyl (C=O) groups is 2. The lowest BCUT2D eigenvalue weighted by Crippen LogP contribution is -2.55. The summed E-state index contributed by atoms with van der Waals surface area (Å²) >= 11 is 7.97. The maximum atomic E-state index is 12.9. The second-order valence-electron chi connectivity index (χ2n) is 7.44. The molecule has 1 saturated carbocycles. The first-order valence-corrected chi connectivity index (χ1v) is 10.4. The predicted molar refractivity (Wildman–Crippen MR) is 102 cm³/mol. The van der Waals surface area contributed by atoms with Gasteiger partial charge in [-0.25, -0.2) is 4.98 Å². The third kappa shape index (κ3) is 3.01. The zero-order chi connectivity index (χ0) is 18.4. The van der Waals surface area contributed by atoms with E-state index in [1.807, 2.05) is 11.1 Å². The molecule has 2 aliphatic rings. The zero-order valence-corrected chi connectivity index (χ0v) is 16.6. The average Bonchev–Trinajstić information content (AvgIpc) is 3.32. The molecule has 0 aromatic carbocycles. The Morgan fingerprint density at radius 3 is 2.65 bits per heavy atom. The van der Waals surface area contributed by atoms with Gasteiger partial charge in [-0.05, 0) is 18.8 Å². The number of imidazole rings is 1. The van der Waals surface area contributed by atoms with Crippen molar-refractivity contribution in [2.24, 2.45) is 0 Å². The monoisotopic (exact) mass is 394 g/mol. The van der Waals surface area contributed by atoms with Crippen molar-refractivity contribution < 1.29 is 9.59 Å². The summed E-state index contributed by atoms with van der Waals surface area (Å²) in [7, 11) is 0. The molecule has 2 aromatic rings. The summed E-state index contributed by atoms with van der Waals surface area (Å²) in [6.45, 7) is 5.49. The van der Waals surface area contributed by atoms with Crippen LogP contribution in [-0.4, -0.2) is 56.7 Å². The Morgan fingerprint density at radius 1 is 1.31 bits per heavy atom. The zero-order valence-electron chi connectivity index (χ0n) is 15.1. The molecule has 4 rings (SSSR count). The van der Waals surface area contributed by atoms with E-state index in [1.54, 1.807) is 20.6 Å². The van der Waals surface area contributed by atoms with Crippen molar-refractivity contribution in [2.45, 2.75) is 51.5 Å². The van der Waals surface area contributed by atoms with Gasteiger partial charge in [0.1, 0.15) is 11.7 Å². The molecule has 1 saturated heterocycles. The van der Waals surface area contributed by atoms with Gasteiger partial charge in [0.2, 0.25) is 5.91 Å². The molecule has 6 nitrogen and oxygen atoms in total. The van der Waals surface area contributed by atoms with Crippen LogP contribution in [0.1, 0.15) is 60.8 Å². The van der Waals surface area contributed by atoms with Gasteiger partial charge in [0.25, 0.3) is 5.91 Å². The van der Waals surface area contributed by atoms with Crippen LogP contribution in [0.5, 0.6) is 0 Å². The van der Waals surface area contributed by atoms with E-state index in [0.29, 0.717) is 30.2 Å². The first-order valence-electron chi connectivity index (χ1n) is 9.21. The maximum absolute atomic E-state index is 12.9. The Hall–Kier alpha value is -1.60. The first kappa shape index (κ1) is 17.8. The number of fused-ring (bicyclic) bond motifs is 1. The lowest BCUT2D eigenvalue weighted by Gasteiger charge is -2.37. The third-order valence-electron chi connectivity index (χ3n) is 5.37. The van der Waals surface area contributed by atoms with Gasteiger partial charge in [-0.2, -0.15) is 0 Å². The van der Waals surface area contributed by atoms with E-state index in [0.717, 1.165) is 17.8 Å². The van der Waals surface area contributed by atoms with Crippen LogP contribution in [-0.2, 0) is 4.79 Å². The predicted octanol–water partition coefficient (Wildman–Crippen LogP) is 3.40. The molecule has 0 unspecified atom stereocenters. The molecule has 140 valence electrons. The van der Waals surface area contributed by atoms with Crippen molar-refractivity contribution in [1.29, 1.82) is 0 Å². The third-order valence-corrected chi connectivity index (χ3v) is 7.01. The molecule has 0 bridgehead atoms. The summed E-state index contributed by atoms with van der Waals surface area (Å²) < 4.78 is 1.77. The molecular formula is C18H23ClN4O2S. The van der Waals surface area contributed by atoms with Gasteiger partial charge >= 0.3 is 0 Å². The summed E-state index contributed by atoms with van der Waals surface area (Å²) in [5.74, 6) is 0.172. The van der Waals surface area contributed by atoms with Gasteiger partial charge in [0.15, 0.2) is 10.7 Å². The van der Waals surface area contributed by atoms with E-state index >= 15 is 0 Å². The second kappa shape index (κ2) is 6.85. The smallest absolute Gasteiger partial charge is 0.276 e. The summed E-state index contributed by atoms with van der Waals surface area (Å²) in [6.07, 6.45) is 6.49. The average molecular weight is 395 g/mol. The minimum atomic E-state index is -0.253. The largest absolute Gasteiger partial charge is 0.336 e. The van der Waals surface area contributed by atoms with Crippen LogP contribution in [0.3, 0.4) is 0 Å². The van der Waals surface area contributed by atoms with Crippen molar-refractivity contribution in [1.82, 2.24) is 19.2 Å².